The van der Waals surface area contributed by atoms with Gasteiger partial charge in [0.05, 0.1) is 11.3 Å². The Balaban J connectivity index is 1.98. The molecule has 2 heterocycles. The minimum absolute atomic E-state index is 0.0854. The second kappa shape index (κ2) is 7.43. The zero-order chi connectivity index (χ0) is 22.3. The maximum atomic E-state index is 14.8. The number of benzene rings is 2. The van der Waals surface area contributed by atoms with Gasteiger partial charge in [-0.05, 0) is 24.3 Å². The maximum Gasteiger partial charge on any atom is 0.240 e. The van der Waals surface area contributed by atoms with Crippen molar-refractivity contribution >= 4 is 5.78 Å². The molecule has 0 unspecified atom stereocenters. The molecule has 31 heavy (non-hydrogen) atoms. The SMILES string of the molecule is CC(C)(C)C(=O)c1c(O)c(O)n(-c2ccc(-c3ccon3)cc2)c1-c1ccccc1F. The summed E-state index contributed by atoms with van der Waals surface area (Å²) in [6.45, 7) is 5.09. The average Bonchev–Trinajstić information content (AvgIpc) is 3.35. The number of rotatable bonds is 4. The van der Waals surface area contributed by atoms with Gasteiger partial charge in [0, 0.05) is 28.3 Å². The molecule has 0 spiro atoms. The van der Waals surface area contributed by atoms with Crippen molar-refractivity contribution in [3.8, 4) is 39.8 Å². The van der Waals surface area contributed by atoms with Crippen molar-refractivity contribution in [1.29, 1.82) is 0 Å². The Bertz CT molecular complexity index is 1250. The van der Waals surface area contributed by atoms with Gasteiger partial charge in [0.1, 0.15) is 17.8 Å². The molecule has 0 aliphatic carbocycles. The lowest BCUT2D eigenvalue weighted by Gasteiger charge is -2.18. The number of carbonyl (C=O) groups excluding carboxylic acids is 1. The standard InChI is InChI=1S/C24H21FN2O4/c1-24(2,3)22(29)19-20(16-6-4-5-7-17(16)25)27(23(30)21(19)28)15-10-8-14(9-11-15)18-12-13-31-26-18/h4-13,28,30H,1-3H3. The fourth-order valence-corrected chi connectivity index (χ4v) is 3.44. The molecule has 158 valence electrons. The largest absolute Gasteiger partial charge is 0.503 e. The Labute approximate surface area is 178 Å². The molecule has 0 aliphatic rings. The summed E-state index contributed by atoms with van der Waals surface area (Å²) in [5, 5.41) is 25.4. The first kappa shape index (κ1) is 20.4. The number of aromatic hydroxyl groups is 2. The quantitative estimate of drug-likeness (QED) is 0.421. The zero-order valence-electron chi connectivity index (χ0n) is 17.3. The summed E-state index contributed by atoms with van der Waals surface area (Å²) >= 11 is 0. The number of hydrogen-bond acceptors (Lipinski definition) is 5. The van der Waals surface area contributed by atoms with Gasteiger partial charge in [-0.25, -0.2) is 4.39 Å². The number of hydrogen-bond donors (Lipinski definition) is 2. The van der Waals surface area contributed by atoms with E-state index in [0.717, 1.165) is 5.56 Å². The number of nitrogens with zero attached hydrogens (tertiary/aromatic N) is 2. The van der Waals surface area contributed by atoms with Crippen molar-refractivity contribution in [2.75, 3.05) is 0 Å². The molecule has 0 bridgehead atoms. The fraction of sp³-hybridized carbons (Fsp3) is 0.167. The van der Waals surface area contributed by atoms with Gasteiger partial charge in [0.2, 0.25) is 5.88 Å². The van der Waals surface area contributed by atoms with Crippen LogP contribution in [-0.4, -0.2) is 25.7 Å². The van der Waals surface area contributed by atoms with Crippen LogP contribution in [0.4, 0.5) is 4.39 Å². The minimum Gasteiger partial charge on any atom is -0.503 e. The maximum absolute atomic E-state index is 14.8. The van der Waals surface area contributed by atoms with Gasteiger partial charge < -0.3 is 14.7 Å². The Morgan fingerprint density at radius 2 is 1.71 bits per heavy atom. The number of Topliss-reactive ketones (excluding diaryl/α,β-unsaturated/α-hetero) is 1. The number of carbonyl (C=O) groups is 1. The number of ketones is 1. The first-order chi connectivity index (χ1) is 14.7. The molecule has 0 fully saturated rings. The first-order valence-electron chi connectivity index (χ1n) is 9.67. The van der Waals surface area contributed by atoms with Crippen molar-refractivity contribution < 1.29 is 23.9 Å². The van der Waals surface area contributed by atoms with Crippen LogP contribution in [0.5, 0.6) is 11.6 Å². The normalized spacial score (nSPS) is 11.6. The molecule has 4 rings (SSSR count). The van der Waals surface area contributed by atoms with E-state index in [1.807, 2.05) is 0 Å². The van der Waals surface area contributed by atoms with Gasteiger partial charge in [0.25, 0.3) is 0 Å². The summed E-state index contributed by atoms with van der Waals surface area (Å²) in [6, 6.07) is 14.5. The first-order valence-corrected chi connectivity index (χ1v) is 9.67. The smallest absolute Gasteiger partial charge is 0.240 e. The third-order valence-electron chi connectivity index (χ3n) is 5.02. The van der Waals surface area contributed by atoms with Crippen molar-refractivity contribution in [1.82, 2.24) is 9.72 Å². The van der Waals surface area contributed by atoms with Gasteiger partial charge in [-0.3, -0.25) is 9.36 Å². The molecule has 0 aliphatic heterocycles. The molecule has 0 amide bonds. The molecule has 4 aromatic rings. The third-order valence-corrected chi connectivity index (χ3v) is 5.02. The van der Waals surface area contributed by atoms with E-state index in [9.17, 15) is 19.4 Å². The topological polar surface area (TPSA) is 88.5 Å². The highest BCUT2D eigenvalue weighted by Crippen LogP contribution is 2.46. The van der Waals surface area contributed by atoms with E-state index >= 15 is 0 Å². The van der Waals surface area contributed by atoms with Crippen LogP contribution < -0.4 is 0 Å². The van der Waals surface area contributed by atoms with Crippen molar-refractivity contribution in [3.63, 3.8) is 0 Å². The number of aromatic nitrogens is 2. The zero-order valence-corrected chi connectivity index (χ0v) is 17.3. The van der Waals surface area contributed by atoms with Crippen molar-refractivity contribution in [2.45, 2.75) is 20.8 Å². The molecule has 0 radical (unpaired) electrons. The van der Waals surface area contributed by atoms with Gasteiger partial charge >= 0.3 is 0 Å². The highest BCUT2D eigenvalue weighted by molar-refractivity contribution is 6.08. The summed E-state index contributed by atoms with van der Waals surface area (Å²) in [5.74, 6) is -2.13. The van der Waals surface area contributed by atoms with E-state index in [1.54, 1.807) is 57.2 Å². The van der Waals surface area contributed by atoms with E-state index < -0.39 is 28.6 Å². The third kappa shape index (κ3) is 3.48. The lowest BCUT2D eigenvalue weighted by molar-refractivity contribution is 0.0856. The highest BCUT2D eigenvalue weighted by Gasteiger charge is 2.35. The van der Waals surface area contributed by atoms with Gasteiger partial charge in [-0.2, -0.15) is 0 Å². The van der Waals surface area contributed by atoms with Crippen LogP contribution in [0.25, 0.3) is 28.2 Å². The lowest BCUT2D eigenvalue weighted by Crippen LogP contribution is -2.21. The molecule has 2 aromatic heterocycles. The highest BCUT2D eigenvalue weighted by atomic mass is 19.1. The van der Waals surface area contributed by atoms with Gasteiger partial charge in [-0.1, -0.05) is 50.2 Å². The Hall–Kier alpha value is -3.87. The van der Waals surface area contributed by atoms with E-state index in [-0.39, 0.29) is 16.8 Å². The van der Waals surface area contributed by atoms with Crippen LogP contribution in [0.3, 0.4) is 0 Å². The monoisotopic (exact) mass is 420 g/mol. The molecule has 0 atom stereocenters. The molecule has 2 N–H and O–H groups in total. The van der Waals surface area contributed by atoms with Crippen LogP contribution in [0, 0.1) is 11.2 Å². The molecule has 7 heteroatoms. The van der Waals surface area contributed by atoms with Crippen LogP contribution in [0.1, 0.15) is 31.1 Å². The van der Waals surface area contributed by atoms with Crippen LogP contribution in [0.15, 0.2) is 65.4 Å². The van der Waals surface area contributed by atoms with E-state index in [4.69, 9.17) is 4.52 Å². The second-order valence-electron chi connectivity index (χ2n) is 8.22. The summed E-state index contributed by atoms with van der Waals surface area (Å²) in [6.07, 6.45) is 1.46. The van der Waals surface area contributed by atoms with Crippen molar-refractivity contribution in [2.24, 2.45) is 5.41 Å². The predicted molar refractivity (Wildman–Crippen MR) is 114 cm³/mol. The lowest BCUT2D eigenvalue weighted by atomic mass is 9.85. The molecule has 2 aromatic carbocycles. The average molecular weight is 420 g/mol. The summed E-state index contributed by atoms with van der Waals surface area (Å²) in [5.41, 5.74) is 1.01. The van der Waals surface area contributed by atoms with Gasteiger partial charge in [0.15, 0.2) is 11.5 Å². The molecular formula is C24H21FN2O4. The van der Waals surface area contributed by atoms with Crippen LogP contribution in [0.2, 0.25) is 0 Å². The van der Waals surface area contributed by atoms with Gasteiger partial charge in [-0.15, -0.1) is 0 Å². The Morgan fingerprint density at radius 1 is 1.03 bits per heavy atom. The second-order valence-corrected chi connectivity index (χ2v) is 8.22. The molecule has 0 saturated carbocycles. The Kier molecular flexibility index (Phi) is 4.89. The van der Waals surface area contributed by atoms with E-state index in [0.29, 0.717) is 11.4 Å². The minimum atomic E-state index is -0.868. The van der Waals surface area contributed by atoms with Crippen LogP contribution in [-0.2, 0) is 0 Å². The van der Waals surface area contributed by atoms with E-state index in [1.165, 1.54) is 29.0 Å². The fourth-order valence-electron chi connectivity index (χ4n) is 3.44. The Morgan fingerprint density at radius 3 is 2.29 bits per heavy atom. The summed E-state index contributed by atoms with van der Waals surface area (Å²) in [7, 11) is 0. The summed E-state index contributed by atoms with van der Waals surface area (Å²) in [4.78, 5) is 13.2. The summed E-state index contributed by atoms with van der Waals surface area (Å²) < 4.78 is 20.9. The molecular weight excluding hydrogens is 399 g/mol. The number of halogens is 1. The molecule has 6 nitrogen and oxygen atoms in total. The van der Waals surface area contributed by atoms with Crippen LogP contribution >= 0.6 is 0 Å². The predicted octanol–water partition coefficient (Wildman–Crippen LogP) is 5.58. The van der Waals surface area contributed by atoms with E-state index in [2.05, 4.69) is 5.16 Å². The molecule has 0 saturated heterocycles. The van der Waals surface area contributed by atoms with Crippen molar-refractivity contribution in [3.05, 3.63) is 72.2 Å².